The lowest BCUT2D eigenvalue weighted by Gasteiger charge is -2.21. The van der Waals surface area contributed by atoms with Gasteiger partial charge in [0.2, 0.25) is 0 Å². The average Bonchev–Trinajstić information content (AvgIpc) is 3.60. The van der Waals surface area contributed by atoms with Gasteiger partial charge >= 0.3 is 0 Å². The number of benzene rings is 6. The molecule has 0 bridgehead atoms. The highest BCUT2D eigenvalue weighted by atomic mass is 19.1. The molecule has 0 aliphatic heterocycles. The van der Waals surface area contributed by atoms with Crippen LogP contribution in [0.1, 0.15) is 25.0 Å². The second-order valence-corrected chi connectivity index (χ2v) is 12.0. The zero-order valence-electron chi connectivity index (χ0n) is 23.4. The first-order valence-electron chi connectivity index (χ1n) is 14.5. The fraction of sp³-hybridized carbons (Fsp3) is 0.0769. The first kappa shape index (κ1) is 23.5. The Morgan fingerprint density at radius 1 is 0.452 bits per heavy atom. The van der Waals surface area contributed by atoms with Gasteiger partial charge in [0.15, 0.2) is 0 Å². The van der Waals surface area contributed by atoms with E-state index in [2.05, 4.69) is 126 Å². The normalized spacial score (nSPS) is 13.8. The lowest BCUT2D eigenvalue weighted by atomic mass is 9.82. The van der Waals surface area contributed by atoms with E-state index in [9.17, 15) is 4.39 Å². The summed E-state index contributed by atoms with van der Waals surface area (Å²) in [5, 5.41) is 4.87. The van der Waals surface area contributed by atoms with Gasteiger partial charge in [0.1, 0.15) is 5.82 Å². The van der Waals surface area contributed by atoms with Gasteiger partial charge in [-0.2, -0.15) is 0 Å². The minimum Gasteiger partial charge on any atom is -0.309 e. The molecule has 0 saturated carbocycles. The zero-order valence-corrected chi connectivity index (χ0v) is 23.4. The Labute approximate surface area is 242 Å². The summed E-state index contributed by atoms with van der Waals surface area (Å²) in [5.74, 6) is -0.233. The molecule has 1 aliphatic rings. The molecule has 0 fully saturated rings. The summed E-state index contributed by atoms with van der Waals surface area (Å²) in [6.45, 7) is 4.67. The van der Waals surface area contributed by atoms with Crippen molar-refractivity contribution in [2.75, 3.05) is 0 Å². The number of para-hydroxylation sites is 2. The molecule has 0 unspecified atom stereocenters. The van der Waals surface area contributed by atoms with Crippen molar-refractivity contribution >= 4 is 43.6 Å². The van der Waals surface area contributed by atoms with Gasteiger partial charge in [-0.15, -0.1) is 0 Å². The Bertz CT molecular complexity index is 2390. The maximum atomic E-state index is 13.9. The van der Waals surface area contributed by atoms with Crippen molar-refractivity contribution in [3.8, 4) is 22.5 Å². The van der Waals surface area contributed by atoms with Crippen molar-refractivity contribution in [2.45, 2.75) is 19.3 Å². The molecular formula is C39H27FN2. The standard InChI is InChI=1S/C39H27FN2/c1-39(2)33-12-6-3-9-27(33)31-22-32-29-11-5-8-14-36(29)42(38(32)23-34(31)39)26-19-20-30-28-10-4-7-13-35(28)41(37(30)21-26)25-17-15-24(40)16-18-25/h3-23H,1-2H3. The Kier molecular flexibility index (Phi) is 4.60. The third kappa shape index (κ3) is 3.03. The highest BCUT2D eigenvalue weighted by molar-refractivity contribution is 6.13. The van der Waals surface area contributed by atoms with Crippen LogP contribution in [0.2, 0.25) is 0 Å². The molecule has 0 saturated heterocycles. The van der Waals surface area contributed by atoms with Crippen molar-refractivity contribution in [1.82, 2.24) is 9.13 Å². The summed E-state index contributed by atoms with van der Waals surface area (Å²) in [7, 11) is 0. The smallest absolute Gasteiger partial charge is 0.123 e. The second kappa shape index (κ2) is 8.20. The van der Waals surface area contributed by atoms with E-state index in [0.29, 0.717) is 0 Å². The molecule has 6 aromatic carbocycles. The number of aromatic nitrogens is 2. The summed E-state index contributed by atoms with van der Waals surface area (Å²) < 4.78 is 18.6. The summed E-state index contributed by atoms with van der Waals surface area (Å²) in [5.41, 5.74) is 12.0. The predicted octanol–water partition coefficient (Wildman–Crippen LogP) is 10.3. The third-order valence-electron chi connectivity index (χ3n) is 9.38. The van der Waals surface area contributed by atoms with Crippen LogP contribution in [0.25, 0.3) is 66.1 Å². The molecule has 0 spiro atoms. The van der Waals surface area contributed by atoms with Crippen molar-refractivity contribution in [3.05, 3.63) is 144 Å². The lowest BCUT2D eigenvalue weighted by molar-refractivity contribution is 0.627. The van der Waals surface area contributed by atoms with E-state index >= 15 is 0 Å². The fourth-order valence-electron chi connectivity index (χ4n) is 7.41. The molecule has 2 nitrogen and oxygen atoms in total. The van der Waals surface area contributed by atoms with Crippen molar-refractivity contribution in [3.63, 3.8) is 0 Å². The average molecular weight is 543 g/mol. The maximum absolute atomic E-state index is 13.9. The minimum atomic E-state index is -0.233. The topological polar surface area (TPSA) is 9.86 Å². The van der Waals surface area contributed by atoms with Gasteiger partial charge in [-0.3, -0.25) is 0 Å². The zero-order chi connectivity index (χ0) is 28.2. The molecule has 3 heteroatoms. The van der Waals surface area contributed by atoms with Gasteiger partial charge in [0.05, 0.1) is 22.1 Å². The third-order valence-corrected chi connectivity index (χ3v) is 9.38. The monoisotopic (exact) mass is 542 g/mol. The molecule has 200 valence electrons. The van der Waals surface area contributed by atoms with Crippen LogP contribution in [-0.2, 0) is 5.41 Å². The number of hydrogen-bond donors (Lipinski definition) is 0. The highest BCUT2D eigenvalue weighted by Gasteiger charge is 2.36. The molecule has 2 heterocycles. The van der Waals surface area contributed by atoms with E-state index in [0.717, 1.165) is 22.4 Å². The largest absolute Gasteiger partial charge is 0.309 e. The van der Waals surface area contributed by atoms with Crippen LogP contribution >= 0.6 is 0 Å². The fourth-order valence-corrected chi connectivity index (χ4v) is 7.41. The first-order chi connectivity index (χ1) is 20.5. The van der Waals surface area contributed by atoms with Crippen molar-refractivity contribution < 1.29 is 4.39 Å². The molecular weight excluding hydrogens is 515 g/mol. The Balaban J connectivity index is 1.37. The molecule has 0 radical (unpaired) electrons. The van der Waals surface area contributed by atoms with E-state index in [-0.39, 0.29) is 11.2 Å². The Hall–Kier alpha value is -5.15. The van der Waals surface area contributed by atoms with Crippen LogP contribution < -0.4 is 0 Å². The van der Waals surface area contributed by atoms with Crippen LogP contribution in [0.15, 0.2) is 127 Å². The van der Waals surface area contributed by atoms with Gasteiger partial charge in [-0.25, -0.2) is 4.39 Å². The predicted molar refractivity (Wildman–Crippen MR) is 173 cm³/mol. The summed E-state index contributed by atoms with van der Waals surface area (Å²) >= 11 is 0. The van der Waals surface area contributed by atoms with Gasteiger partial charge in [-0.05, 0) is 82.9 Å². The summed E-state index contributed by atoms with van der Waals surface area (Å²) in [6.07, 6.45) is 0. The van der Waals surface area contributed by atoms with Crippen molar-refractivity contribution in [1.29, 1.82) is 0 Å². The van der Waals surface area contributed by atoms with Crippen LogP contribution in [0.4, 0.5) is 4.39 Å². The summed E-state index contributed by atoms with van der Waals surface area (Å²) in [4.78, 5) is 0. The summed E-state index contributed by atoms with van der Waals surface area (Å²) in [6, 6.07) is 44.4. The van der Waals surface area contributed by atoms with Gasteiger partial charge in [0, 0.05) is 38.3 Å². The number of nitrogens with zero attached hydrogens (tertiary/aromatic N) is 2. The second-order valence-electron chi connectivity index (χ2n) is 12.0. The molecule has 42 heavy (non-hydrogen) atoms. The molecule has 0 amide bonds. The van der Waals surface area contributed by atoms with Crippen LogP contribution in [0.3, 0.4) is 0 Å². The maximum Gasteiger partial charge on any atom is 0.123 e. The van der Waals surface area contributed by atoms with Crippen molar-refractivity contribution in [2.24, 2.45) is 0 Å². The van der Waals surface area contributed by atoms with E-state index in [1.54, 1.807) is 0 Å². The first-order valence-corrected chi connectivity index (χ1v) is 14.5. The molecule has 0 N–H and O–H groups in total. The SMILES string of the molecule is CC1(C)c2ccccc2-c2cc3c4ccccc4n(-c4ccc5c6ccccc6n(-c6ccc(F)cc6)c5c4)c3cc21. The Morgan fingerprint density at radius 2 is 1.02 bits per heavy atom. The van der Waals surface area contributed by atoms with E-state index in [4.69, 9.17) is 0 Å². The minimum absolute atomic E-state index is 0.0830. The molecule has 0 atom stereocenters. The number of rotatable bonds is 2. The van der Waals surface area contributed by atoms with E-state index in [1.807, 2.05) is 12.1 Å². The van der Waals surface area contributed by atoms with Gasteiger partial charge in [0.25, 0.3) is 0 Å². The van der Waals surface area contributed by atoms with E-state index in [1.165, 1.54) is 67.0 Å². The highest BCUT2D eigenvalue weighted by Crippen LogP contribution is 2.51. The quantitative estimate of drug-likeness (QED) is 0.206. The Morgan fingerprint density at radius 3 is 1.79 bits per heavy atom. The van der Waals surface area contributed by atoms with Crippen LogP contribution in [0, 0.1) is 5.82 Å². The number of fused-ring (bicyclic) bond motifs is 9. The van der Waals surface area contributed by atoms with Gasteiger partial charge < -0.3 is 9.13 Å². The van der Waals surface area contributed by atoms with Crippen LogP contribution in [-0.4, -0.2) is 9.13 Å². The number of hydrogen-bond acceptors (Lipinski definition) is 0. The molecule has 8 aromatic rings. The molecule has 1 aliphatic carbocycles. The number of halogens is 1. The van der Waals surface area contributed by atoms with Crippen LogP contribution in [0.5, 0.6) is 0 Å². The molecule has 9 rings (SSSR count). The lowest BCUT2D eigenvalue weighted by Crippen LogP contribution is -2.14. The van der Waals surface area contributed by atoms with E-state index < -0.39 is 0 Å². The molecule has 2 aromatic heterocycles. The van der Waals surface area contributed by atoms with Gasteiger partial charge in [-0.1, -0.05) is 80.6 Å².